The Labute approximate surface area is 125 Å². The first-order valence-electron chi connectivity index (χ1n) is 7.23. The molecule has 120 valence electrons. The zero-order valence-corrected chi connectivity index (χ0v) is 12.9. The Bertz CT molecular complexity index is 407. The summed E-state index contributed by atoms with van der Waals surface area (Å²) < 4.78 is 28.5. The summed E-state index contributed by atoms with van der Waals surface area (Å²) in [5.74, 6) is 0.171. The van der Waals surface area contributed by atoms with Gasteiger partial charge in [-0.15, -0.1) is 0 Å². The lowest BCUT2D eigenvalue weighted by Crippen LogP contribution is -2.31. The zero-order valence-electron chi connectivity index (χ0n) is 12.9. The van der Waals surface area contributed by atoms with E-state index in [1.54, 1.807) is 24.3 Å². The van der Waals surface area contributed by atoms with Crippen molar-refractivity contribution in [2.75, 3.05) is 13.2 Å². The molecule has 0 heterocycles. The number of hydrogen-bond acceptors (Lipinski definition) is 3. The molecule has 5 heteroatoms. The third kappa shape index (κ3) is 6.87. The molecule has 0 aliphatic rings. The van der Waals surface area contributed by atoms with Crippen molar-refractivity contribution in [3.8, 4) is 5.75 Å². The number of ether oxygens (including phenoxy) is 1. The number of rotatable bonds is 9. The van der Waals surface area contributed by atoms with E-state index in [4.69, 9.17) is 5.11 Å². The number of aliphatic hydroxyl groups excluding tert-OH is 1. The fourth-order valence-electron chi connectivity index (χ4n) is 2.13. The molecular formula is C16H25F2NO2. The highest BCUT2D eigenvalue weighted by atomic mass is 19.3. The molecule has 0 aromatic heterocycles. The molecule has 0 aliphatic heterocycles. The average Bonchev–Trinajstić information content (AvgIpc) is 2.43. The maximum atomic E-state index is 12.1. The van der Waals surface area contributed by atoms with Gasteiger partial charge >= 0.3 is 6.61 Å². The van der Waals surface area contributed by atoms with Gasteiger partial charge in [-0.25, -0.2) is 0 Å². The molecular weight excluding hydrogens is 276 g/mol. The van der Waals surface area contributed by atoms with Crippen LogP contribution in [0.5, 0.6) is 5.75 Å². The molecule has 1 aromatic rings. The van der Waals surface area contributed by atoms with Crippen molar-refractivity contribution in [1.82, 2.24) is 5.32 Å². The van der Waals surface area contributed by atoms with Crippen LogP contribution in [0.3, 0.4) is 0 Å². The van der Waals surface area contributed by atoms with Crippen LogP contribution < -0.4 is 10.1 Å². The summed E-state index contributed by atoms with van der Waals surface area (Å²) >= 11 is 0. The molecule has 0 amide bonds. The summed E-state index contributed by atoms with van der Waals surface area (Å²) in [6.45, 7) is 4.59. The van der Waals surface area contributed by atoms with Gasteiger partial charge in [0, 0.05) is 19.2 Å². The molecule has 0 spiro atoms. The lowest BCUT2D eigenvalue weighted by Gasteiger charge is -2.27. The lowest BCUT2D eigenvalue weighted by atomic mass is 9.87. The highest BCUT2D eigenvalue weighted by Crippen LogP contribution is 2.24. The van der Waals surface area contributed by atoms with Gasteiger partial charge in [-0.1, -0.05) is 26.0 Å². The summed E-state index contributed by atoms with van der Waals surface area (Å²) in [7, 11) is 0. The number of alkyl halides is 2. The topological polar surface area (TPSA) is 41.5 Å². The van der Waals surface area contributed by atoms with Crippen LogP contribution in [0.1, 0.15) is 45.2 Å². The smallest absolute Gasteiger partial charge is 0.387 e. The molecule has 3 nitrogen and oxygen atoms in total. The molecule has 1 atom stereocenters. The van der Waals surface area contributed by atoms with Gasteiger partial charge in [0.25, 0.3) is 0 Å². The van der Waals surface area contributed by atoms with E-state index < -0.39 is 6.61 Å². The molecule has 21 heavy (non-hydrogen) atoms. The maximum Gasteiger partial charge on any atom is 0.387 e. The van der Waals surface area contributed by atoms with Crippen LogP contribution in [-0.2, 0) is 0 Å². The fraction of sp³-hybridized carbons (Fsp3) is 0.625. The molecule has 0 radical (unpaired) electrons. The van der Waals surface area contributed by atoms with Gasteiger partial charge in [-0.3, -0.25) is 0 Å². The van der Waals surface area contributed by atoms with Crippen molar-refractivity contribution in [2.24, 2.45) is 5.41 Å². The van der Waals surface area contributed by atoms with E-state index in [0.717, 1.165) is 24.9 Å². The Hall–Kier alpha value is -1.20. The van der Waals surface area contributed by atoms with Crippen molar-refractivity contribution in [1.29, 1.82) is 0 Å². The van der Waals surface area contributed by atoms with Crippen molar-refractivity contribution in [3.05, 3.63) is 29.8 Å². The van der Waals surface area contributed by atoms with E-state index in [9.17, 15) is 8.78 Å². The minimum Gasteiger partial charge on any atom is -0.435 e. The van der Waals surface area contributed by atoms with Crippen molar-refractivity contribution >= 4 is 0 Å². The van der Waals surface area contributed by atoms with Crippen LogP contribution in [0.25, 0.3) is 0 Å². The molecule has 0 aliphatic carbocycles. The van der Waals surface area contributed by atoms with Crippen LogP contribution in [0.4, 0.5) is 8.78 Å². The predicted molar refractivity (Wildman–Crippen MR) is 79.6 cm³/mol. The minimum atomic E-state index is -2.79. The van der Waals surface area contributed by atoms with Crippen LogP contribution in [0.2, 0.25) is 0 Å². The Kier molecular flexibility index (Phi) is 7.05. The summed E-state index contributed by atoms with van der Waals surface area (Å²) in [5.41, 5.74) is 1.13. The SMILES string of the molecule is CC(NCC(C)(C)CCCO)c1ccc(OC(F)F)cc1. The van der Waals surface area contributed by atoms with Gasteiger partial charge in [0.1, 0.15) is 5.75 Å². The van der Waals surface area contributed by atoms with Gasteiger partial charge in [-0.2, -0.15) is 8.78 Å². The first-order valence-corrected chi connectivity index (χ1v) is 7.23. The quantitative estimate of drug-likeness (QED) is 0.730. The number of aliphatic hydroxyl groups is 1. The Balaban J connectivity index is 2.49. The lowest BCUT2D eigenvalue weighted by molar-refractivity contribution is -0.0498. The number of hydrogen-bond donors (Lipinski definition) is 2. The van der Waals surface area contributed by atoms with Crippen LogP contribution in [-0.4, -0.2) is 24.9 Å². The van der Waals surface area contributed by atoms with Gasteiger partial charge in [-0.05, 0) is 42.9 Å². The Morgan fingerprint density at radius 2 is 1.86 bits per heavy atom. The highest BCUT2D eigenvalue weighted by Gasteiger charge is 2.18. The summed E-state index contributed by atoms with van der Waals surface area (Å²) in [6, 6.07) is 6.80. The maximum absolute atomic E-state index is 12.1. The molecule has 2 N–H and O–H groups in total. The van der Waals surface area contributed by atoms with E-state index in [1.165, 1.54) is 0 Å². The summed E-state index contributed by atoms with van der Waals surface area (Å²) in [6.07, 6.45) is 1.74. The first-order chi connectivity index (χ1) is 9.84. The monoisotopic (exact) mass is 301 g/mol. The molecule has 0 fully saturated rings. The Morgan fingerprint density at radius 1 is 1.24 bits per heavy atom. The average molecular weight is 301 g/mol. The van der Waals surface area contributed by atoms with E-state index in [0.29, 0.717) is 0 Å². The van der Waals surface area contributed by atoms with E-state index in [-0.39, 0.29) is 23.8 Å². The number of nitrogens with one attached hydrogen (secondary N) is 1. The van der Waals surface area contributed by atoms with E-state index in [1.807, 2.05) is 6.92 Å². The summed E-state index contributed by atoms with van der Waals surface area (Å²) in [5, 5.41) is 12.3. The molecule has 0 bridgehead atoms. The third-order valence-electron chi connectivity index (χ3n) is 3.50. The molecule has 0 saturated heterocycles. The van der Waals surface area contributed by atoms with Crippen LogP contribution in [0.15, 0.2) is 24.3 Å². The summed E-state index contributed by atoms with van der Waals surface area (Å²) in [4.78, 5) is 0. The van der Waals surface area contributed by atoms with Gasteiger partial charge in [0.05, 0.1) is 0 Å². The molecule has 0 saturated carbocycles. The second-order valence-electron chi connectivity index (χ2n) is 6.04. The molecule has 1 unspecified atom stereocenters. The van der Waals surface area contributed by atoms with Gasteiger partial charge in [0.2, 0.25) is 0 Å². The van der Waals surface area contributed by atoms with Crippen molar-refractivity contribution < 1.29 is 18.6 Å². The standard InChI is InChI=1S/C16H25F2NO2/c1-12(19-11-16(2,3)9-4-10-20)13-5-7-14(8-6-13)21-15(17)18/h5-8,12,15,19-20H,4,9-11H2,1-3H3. The fourth-order valence-corrected chi connectivity index (χ4v) is 2.13. The first kappa shape index (κ1) is 17.9. The normalized spacial score (nSPS) is 13.5. The van der Waals surface area contributed by atoms with Gasteiger partial charge in [0.15, 0.2) is 0 Å². The molecule has 1 rings (SSSR count). The zero-order chi connectivity index (χ0) is 15.9. The van der Waals surface area contributed by atoms with E-state index in [2.05, 4.69) is 23.9 Å². The Morgan fingerprint density at radius 3 is 2.38 bits per heavy atom. The number of benzene rings is 1. The van der Waals surface area contributed by atoms with Gasteiger partial charge < -0.3 is 15.2 Å². The highest BCUT2D eigenvalue weighted by molar-refractivity contribution is 5.28. The largest absolute Gasteiger partial charge is 0.435 e. The number of halogens is 2. The van der Waals surface area contributed by atoms with Crippen molar-refractivity contribution in [3.63, 3.8) is 0 Å². The van der Waals surface area contributed by atoms with Crippen molar-refractivity contribution in [2.45, 2.75) is 46.3 Å². The van der Waals surface area contributed by atoms with Crippen LogP contribution in [0, 0.1) is 5.41 Å². The second kappa shape index (κ2) is 8.29. The molecule has 1 aromatic carbocycles. The third-order valence-corrected chi connectivity index (χ3v) is 3.50. The minimum absolute atomic E-state index is 0.107. The second-order valence-corrected chi connectivity index (χ2v) is 6.04. The van der Waals surface area contributed by atoms with Crippen LogP contribution >= 0.6 is 0 Å². The predicted octanol–water partition coefficient (Wildman–Crippen LogP) is 3.74. The van der Waals surface area contributed by atoms with E-state index >= 15 is 0 Å².